The van der Waals surface area contributed by atoms with Crippen LogP contribution in [0.1, 0.15) is 16.1 Å². The van der Waals surface area contributed by atoms with E-state index in [1.807, 2.05) is 0 Å². The van der Waals surface area contributed by atoms with E-state index in [-0.39, 0.29) is 17.6 Å². The standard InChI is InChI=1S/C12H19N5O3S/c1-17-5-3-7(11(17)19)15-10(18)8-9(13)16-12(21-8)14-4-6-20-2/h7H,3-6,13H2,1-2H3,(H,14,16)(H,15,18). The molecule has 2 heterocycles. The number of hydrogen-bond donors (Lipinski definition) is 3. The molecule has 1 aliphatic rings. The van der Waals surface area contributed by atoms with E-state index in [2.05, 4.69) is 15.6 Å². The maximum atomic E-state index is 12.2. The summed E-state index contributed by atoms with van der Waals surface area (Å²) >= 11 is 1.16. The Morgan fingerprint density at radius 3 is 3.00 bits per heavy atom. The van der Waals surface area contributed by atoms with Gasteiger partial charge in [-0.25, -0.2) is 4.98 Å². The number of nitrogens with two attached hydrogens (primary N) is 1. The van der Waals surface area contributed by atoms with Crippen molar-refractivity contribution in [2.75, 3.05) is 44.9 Å². The van der Waals surface area contributed by atoms with Crippen LogP contribution < -0.4 is 16.4 Å². The van der Waals surface area contributed by atoms with Crippen LogP contribution in [0.25, 0.3) is 0 Å². The van der Waals surface area contributed by atoms with E-state index in [1.54, 1.807) is 19.1 Å². The molecule has 0 aliphatic carbocycles. The fourth-order valence-corrected chi connectivity index (χ4v) is 2.82. The van der Waals surface area contributed by atoms with Gasteiger partial charge in [0.05, 0.1) is 6.61 Å². The zero-order valence-corrected chi connectivity index (χ0v) is 12.8. The third-order valence-corrected chi connectivity index (χ3v) is 4.20. The molecule has 0 aromatic carbocycles. The Balaban J connectivity index is 1.97. The van der Waals surface area contributed by atoms with E-state index in [0.29, 0.717) is 36.1 Å². The van der Waals surface area contributed by atoms with Crippen LogP contribution in [0.2, 0.25) is 0 Å². The van der Waals surface area contributed by atoms with Crippen LogP contribution in [0, 0.1) is 0 Å². The normalized spacial score (nSPS) is 18.1. The molecule has 1 saturated heterocycles. The number of carbonyl (C=O) groups is 2. The number of aromatic nitrogens is 1. The van der Waals surface area contributed by atoms with Crippen molar-refractivity contribution in [3.8, 4) is 0 Å². The van der Waals surface area contributed by atoms with Gasteiger partial charge in [0, 0.05) is 27.2 Å². The first-order valence-electron chi connectivity index (χ1n) is 6.58. The summed E-state index contributed by atoms with van der Waals surface area (Å²) in [6.07, 6.45) is 0.610. The average Bonchev–Trinajstić information content (AvgIpc) is 2.96. The highest BCUT2D eigenvalue weighted by Gasteiger charge is 2.31. The molecule has 1 unspecified atom stereocenters. The van der Waals surface area contributed by atoms with Gasteiger partial charge in [-0.15, -0.1) is 0 Å². The number of likely N-dealkylation sites (tertiary alicyclic amines) is 1. The molecule has 1 aliphatic heterocycles. The number of methoxy groups -OCH3 is 1. The van der Waals surface area contributed by atoms with Crippen molar-refractivity contribution in [1.82, 2.24) is 15.2 Å². The summed E-state index contributed by atoms with van der Waals surface area (Å²) in [4.78, 5) is 29.9. The summed E-state index contributed by atoms with van der Waals surface area (Å²) in [5, 5.41) is 6.28. The van der Waals surface area contributed by atoms with Gasteiger partial charge in [0.2, 0.25) is 5.91 Å². The molecule has 21 heavy (non-hydrogen) atoms. The summed E-state index contributed by atoms with van der Waals surface area (Å²) in [6, 6.07) is -0.478. The molecule has 116 valence electrons. The monoisotopic (exact) mass is 313 g/mol. The maximum absolute atomic E-state index is 12.2. The molecular weight excluding hydrogens is 294 g/mol. The number of anilines is 2. The maximum Gasteiger partial charge on any atom is 0.265 e. The summed E-state index contributed by atoms with van der Waals surface area (Å²) in [5.74, 6) is -0.278. The lowest BCUT2D eigenvalue weighted by Crippen LogP contribution is -2.40. The van der Waals surface area contributed by atoms with Crippen LogP contribution in [0.3, 0.4) is 0 Å². The molecule has 8 nitrogen and oxygen atoms in total. The Bertz CT molecular complexity index is 533. The summed E-state index contributed by atoms with van der Waals surface area (Å²) < 4.78 is 4.92. The van der Waals surface area contributed by atoms with Crippen molar-refractivity contribution in [2.24, 2.45) is 0 Å². The van der Waals surface area contributed by atoms with Gasteiger partial charge in [-0.1, -0.05) is 11.3 Å². The second kappa shape index (κ2) is 6.72. The van der Waals surface area contributed by atoms with Gasteiger partial charge in [0.15, 0.2) is 5.13 Å². The smallest absolute Gasteiger partial charge is 0.265 e. The summed E-state index contributed by atoms with van der Waals surface area (Å²) in [7, 11) is 3.32. The number of carbonyl (C=O) groups excluding carboxylic acids is 2. The highest BCUT2D eigenvalue weighted by Crippen LogP contribution is 2.25. The molecule has 0 saturated carbocycles. The molecule has 1 aromatic rings. The van der Waals surface area contributed by atoms with Gasteiger partial charge in [-0.05, 0) is 6.42 Å². The Labute approximate surface area is 126 Å². The van der Waals surface area contributed by atoms with Gasteiger partial charge in [0.25, 0.3) is 5.91 Å². The van der Waals surface area contributed by atoms with Gasteiger partial charge >= 0.3 is 0 Å². The van der Waals surface area contributed by atoms with Gasteiger partial charge in [0.1, 0.15) is 16.7 Å². The lowest BCUT2D eigenvalue weighted by Gasteiger charge is -2.11. The minimum Gasteiger partial charge on any atom is -0.383 e. The fraction of sp³-hybridized carbons (Fsp3) is 0.583. The van der Waals surface area contributed by atoms with Crippen LogP contribution in [0.15, 0.2) is 0 Å². The van der Waals surface area contributed by atoms with E-state index < -0.39 is 6.04 Å². The lowest BCUT2D eigenvalue weighted by molar-refractivity contribution is -0.128. The Morgan fingerprint density at radius 1 is 1.62 bits per heavy atom. The Kier molecular flexibility index (Phi) is 4.97. The molecule has 1 aromatic heterocycles. The fourth-order valence-electron chi connectivity index (χ4n) is 2.01. The lowest BCUT2D eigenvalue weighted by atomic mass is 10.2. The van der Waals surface area contributed by atoms with Crippen LogP contribution in [-0.2, 0) is 9.53 Å². The SMILES string of the molecule is COCCNc1nc(N)c(C(=O)NC2CCN(C)C2=O)s1. The van der Waals surface area contributed by atoms with Gasteiger partial charge < -0.3 is 26.0 Å². The molecule has 9 heteroatoms. The number of nitrogen functional groups attached to an aromatic ring is 1. The van der Waals surface area contributed by atoms with Crippen molar-refractivity contribution in [3.05, 3.63) is 4.88 Å². The first-order valence-corrected chi connectivity index (χ1v) is 7.39. The van der Waals surface area contributed by atoms with Crippen LogP contribution >= 0.6 is 11.3 Å². The first-order chi connectivity index (χ1) is 10.0. The van der Waals surface area contributed by atoms with E-state index in [9.17, 15) is 9.59 Å². The van der Waals surface area contributed by atoms with Crippen LogP contribution in [0.4, 0.5) is 10.9 Å². The minimum atomic E-state index is -0.478. The van der Waals surface area contributed by atoms with Crippen molar-refractivity contribution < 1.29 is 14.3 Å². The molecule has 1 fully saturated rings. The van der Waals surface area contributed by atoms with E-state index in [0.717, 1.165) is 11.3 Å². The third kappa shape index (κ3) is 3.61. The predicted octanol–water partition coefficient (Wildman–Crippen LogP) is -0.256. The van der Waals surface area contributed by atoms with Gasteiger partial charge in [-0.3, -0.25) is 9.59 Å². The molecule has 4 N–H and O–H groups in total. The van der Waals surface area contributed by atoms with Crippen LogP contribution in [0.5, 0.6) is 0 Å². The number of ether oxygens (including phenoxy) is 1. The number of nitrogens with one attached hydrogen (secondary N) is 2. The topological polar surface area (TPSA) is 110 Å². The second-order valence-corrected chi connectivity index (χ2v) is 5.73. The number of amides is 2. The zero-order chi connectivity index (χ0) is 15.4. The van der Waals surface area contributed by atoms with Crippen molar-refractivity contribution in [3.63, 3.8) is 0 Å². The molecule has 2 amide bonds. The number of thiazole rings is 1. The number of hydrogen-bond acceptors (Lipinski definition) is 7. The van der Waals surface area contributed by atoms with Crippen molar-refractivity contribution in [1.29, 1.82) is 0 Å². The molecule has 2 rings (SSSR count). The minimum absolute atomic E-state index is 0.0788. The quantitative estimate of drug-likeness (QED) is 0.625. The number of rotatable bonds is 6. The average molecular weight is 313 g/mol. The molecule has 1 atom stereocenters. The van der Waals surface area contributed by atoms with E-state index in [1.165, 1.54) is 0 Å². The van der Waals surface area contributed by atoms with Gasteiger partial charge in [-0.2, -0.15) is 0 Å². The third-order valence-electron chi connectivity index (χ3n) is 3.17. The second-order valence-electron chi connectivity index (χ2n) is 4.73. The molecule has 0 bridgehead atoms. The Hall–Kier alpha value is -1.87. The molecular formula is C12H19N5O3S. The van der Waals surface area contributed by atoms with E-state index in [4.69, 9.17) is 10.5 Å². The summed E-state index contributed by atoms with van der Waals surface area (Å²) in [6.45, 7) is 1.76. The van der Waals surface area contributed by atoms with Crippen molar-refractivity contribution in [2.45, 2.75) is 12.5 Å². The van der Waals surface area contributed by atoms with E-state index >= 15 is 0 Å². The molecule has 0 radical (unpaired) electrons. The van der Waals surface area contributed by atoms with Crippen LogP contribution in [-0.4, -0.2) is 61.6 Å². The summed E-state index contributed by atoms with van der Waals surface area (Å²) in [5.41, 5.74) is 5.75. The largest absolute Gasteiger partial charge is 0.383 e. The highest BCUT2D eigenvalue weighted by atomic mass is 32.1. The zero-order valence-electron chi connectivity index (χ0n) is 12.0. The highest BCUT2D eigenvalue weighted by molar-refractivity contribution is 7.18. The number of nitrogens with zero attached hydrogens (tertiary/aromatic N) is 2. The first kappa shape index (κ1) is 15.5. The predicted molar refractivity (Wildman–Crippen MR) is 80.4 cm³/mol. The Morgan fingerprint density at radius 2 is 2.38 bits per heavy atom. The van der Waals surface area contributed by atoms with Crippen molar-refractivity contribution >= 4 is 34.1 Å². The molecule has 0 spiro atoms. The number of likely N-dealkylation sites (N-methyl/N-ethyl adjacent to an activating group) is 1.